The molecule has 1 aliphatic carbocycles. The second-order valence-electron chi connectivity index (χ2n) is 5.04. The highest BCUT2D eigenvalue weighted by Gasteiger charge is 2.28. The third-order valence-corrected chi connectivity index (χ3v) is 3.21. The first-order valence-corrected chi connectivity index (χ1v) is 7.28. The lowest BCUT2D eigenvalue weighted by Gasteiger charge is -2.14. The van der Waals surface area contributed by atoms with E-state index in [9.17, 15) is 0 Å². The summed E-state index contributed by atoms with van der Waals surface area (Å²) in [5, 5.41) is 3.23. The average molecular weight is 296 g/mol. The van der Waals surface area contributed by atoms with E-state index in [2.05, 4.69) is 15.3 Å². The Bertz CT molecular complexity index is 452. The van der Waals surface area contributed by atoms with Gasteiger partial charge in [-0.1, -0.05) is 0 Å². The average Bonchev–Trinajstić information content (AvgIpc) is 3.31. The third-order valence-electron chi connectivity index (χ3n) is 3.21. The molecule has 0 radical (unpaired) electrons. The van der Waals surface area contributed by atoms with Gasteiger partial charge >= 0.3 is 0 Å². The SMILES string of the molecule is COCCCNc1nc(C2CC2)nc(OCCOC)c1N. The smallest absolute Gasteiger partial charge is 0.242 e. The molecule has 1 saturated carbocycles. The van der Waals surface area contributed by atoms with Crippen molar-refractivity contribution in [1.29, 1.82) is 0 Å². The zero-order chi connectivity index (χ0) is 15.1. The van der Waals surface area contributed by atoms with Gasteiger partial charge in [-0.05, 0) is 19.3 Å². The normalized spacial score (nSPS) is 14.2. The topological polar surface area (TPSA) is 91.5 Å². The number of nitrogens with zero attached hydrogens (tertiary/aromatic N) is 2. The predicted molar refractivity (Wildman–Crippen MR) is 80.8 cm³/mol. The highest BCUT2D eigenvalue weighted by molar-refractivity contribution is 5.67. The second-order valence-corrected chi connectivity index (χ2v) is 5.04. The van der Waals surface area contributed by atoms with Crippen molar-refractivity contribution in [2.45, 2.75) is 25.2 Å². The molecule has 0 aliphatic heterocycles. The van der Waals surface area contributed by atoms with Crippen molar-refractivity contribution in [2.75, 3.05) is 51.6 Å². The number of aromatic nitrogens is 2. The van der Waals surface area contributed by atoms with Crippen LogP contribution in [0.4, 0.5) is 11.5 Å². The number of nitrogens with one attached hydrogen (secondary N) is 1. The van der Waals surface area contributed by atoms with E-state index >= 15 is 0 Å². The zero-order valence-electron chi connectivity index (χ0n) is 12.7. The van der Waals surface area contributed by atoms with E-state index in [1.807, 2.05) is 0 Å². The number of anilines is 2. The molecule has 2 rings (SSSR count). The van der Waals surface area contributed by atoms with E-state index in [4.69, 9.17) is 19.9 Å². The maximum atomic E-state index is 6.09. The van der Waals surface area contributed by atoms with Crippen molar-refractivity contribution in [3.63, 3.8) is 0 Å². The first-order valence-electron chi connectivity index (χ1n) is 7.28. The van der Waals surface area contributed by atoms with Gasteiger partial charge in [0.1, 0.15) is 18.1 Å². The fourth-order valence-corrected chi connectivity index (χ4v) is 1.88. The van der Waals surface area contributed by atoms with Gasteiger partial charge in [0, 0.05) is 33.3 Å². The zero-order valence-corrected chi connectivity index (χ0v) is 12.7. The Balaban J connectivity index is 2.05. The molecule has 118 valence electrons. The van der Waals surface area contributed by atoms with E-state index in [0.717, 1.165) is 31.6 Å². The van der Waals surface area contributed by atoms with Crippen molar-refractivity contribution in [3.05, 3.63) is 5.82 Å². The summed E-state index contributed by atoms with van der Waals surface area (Å²) in [5.74, 6) is 2.34. The van der Waals surface area contributed by atoms with Crippen molar-refractivity contribution < 1.29 is 14.2 Å². The molecule has 3 N–H and O–H groups in total. The van der Waals surface area contributed by atoms with Gasteiger partial charge in [0.25, 0.3) is 0 Å². The van der Waals surface area contributed by atoms with Gasteiger partial charge in [0.2, 0.25) is 5.88 Å². The molecule has 0 amide bonds. The van der Waals surface area contributed by atoms with Crippen LogP contribution in [-0.4, -0.2) is 50.6 Å². The van der Waals surface area contributed by atoms with Crippen LogP contribution in [0.1, 0.15) is 31.0 Å². The lowest BCUT2D eigenvalue weighted by molar-refractivity contribution is 0.144. The van der Waals surface area contributed by atoms with E-state index in [1.54, 1.807) is 14.2 Å². The molecule has 0 spiro atoms. The molecule has 0 aromatic carbocycles. The first kappa shape index (κ1) is 15.8. The molecule has 1 aromatic rings. The number of nitrogens with two attached hydrogens (primary N) is 1. The molecule has 7 heteroatoms. The molecule has 0 unspecified atom stereocenters. The summed E-state index contributed by atoms with van der Waals surface area (Å²) in [7, 11) is 3.32. The van der Waals surface area contributed by atoms with Crippen molar-refractivity contribution in [2.24, 2.45) is 0 Å². The van der Waals surface area contributed by atoms with Gasteiger partial charge in [0.15, 0.2) is 5.82 Å². The highest BCUT2D eigenvalue weighted by atomic mass is 16.5. The quantitative estimate of drug-likeness (QED) is 0.631. The van der Waals surface area contributed by atoms with Crippen molar-refractivity contribution >= 4 is 11.5 Å². The summed E-state index contributed by atoms with van der Waals surface area (Å²) in [6.45, 7) is 2.37. The number of methoxy groups -OCH3 is 2. The Labute approximate surface area is 125 Å². The van der Waals surface area contributed by atoms with Crippen LogP contribution in [0.3, 0.4) is 0 Å². The van der Waals surface area contributed by atoms with Crippen LogP contribution in [0.2, 0.25) is 0 Å². The van der Waals surface area contributed by atoms with Crippen molar-refractivity contribution in [3.8, 4) is 5.88 Å². The van der Waals surface area contributed by atoms with Crippen LogP contribution >= 0.6 is 0 Å². The largest absolute Gasteiger partial charge is 0.474 e. The van der Waals surface area contributed by atoms with E-state index in [0.29, 0.717) is 43.1 Å². The van der Waals surface area contributed by atoms with Crippen LogP contribution in [-0.2, 0) is 9.47 Å². The summed E-state index contributed by atoms with van der Waals surface area (Å²) >= 11 is 0. The summed E-state index contributed by atoms with van der Waals surface area (Å²) in [6, 6.07) is 0. The molecular formula is C14H24N4O3. The Morgan fingerprint density at radius 1 is 1.14 bits per heavy atom. The summed E-state index contributed by atoms with van der Waals surface area (Å²) < 4.78 is 15.6. The molecule has 1 aliphatic rings. The second kappa shape index (κ2) is 7.99. The lowest BCUT2D eigenvalue weighted by atomic mass is 10.3. The maximum Gasteiger partial charge on any atom is 0.242 e. The minimum Gasteiger partial charge on any atom is -0.474 e. The Morgan fingerprint density at radius 3 is 2.57 bits per heavy atom. The van der Waals surface area contributed by atoms with Crippen molar-refractivity contribution in [1.82, 2.24) is 9.97 Å². The predicted octanol–water partition coefficient (Wildman–Crippen LogP) is 1.41. The lowest BCUT2D eigenvalue weighted by Crippen LogP contribution is -2.13. The van der Waals surface area contributed by atoms with Crippen LogP contribution in [0.5, 0.6) is 5.88 Å². The third kappa shape index (κ3) is 4.71. The fraction of sp³-hybridized carbons (Fsp3) is 0.714. The minimum atomic E-state index is 0.422. The number of rotatable bonds is 10. The number of hydrogen-bond acceptors (Lipinski definition) is 7. The highest BCUT2D eigenvalue weighted by Crippen LogP contribution is 2.40. The number of hydrogen-bond donors (Lipinski definition) is 2. The molecule has 0 atom stereocenters. The first-order chi connectivity index (χ1) is 10.3. The van der Waals surface area contributed by atoms with Crippen LogP contribution in [0.25, 0.3) is 0 Å². The minimum absolute atomic E-state index is 0.422. The summed E-state index contributed by atoms with van der Waals surface area (Å²) in [5.41, 5.74) is 6.54. The van der Waals surface area contributed by atoms with Gasteiger partial charge in [-0.3, -0.25) is 0 Å². The van der Waals surface area contributed by atoms with Gasteiger partial charge in [0.05, 0.1) is 6.61 Å². The van der Waals surface area contributed by atoms with Gasteiger partial charge in [-0.2, -0.15) is 4.98 Å². The number of nitrogen functional groups attached to an aromatic ring is 1. The van der Waals surface area contributed by atoms with Gasteiger partial charge in [-0.15, -0.1) is 0 Å². The number of ether oxygens (including phenoxy) is 3. The summed E-state index contributed by atoms with van der Waals surface area (Å²) in [6.07, 6.45) is 3.15. The van der Waals surface area contributed by atoms with Gasteiger partial charge < -0.3 is 25.3 Å². The molecular weight excluding hydrogens is 272 g/mol. The Kier molecular flexibility index (Phi) is 6.01. The van der Waals surface area contributed by atoms with E-state index in [1.165, 1.54) is 0 Å². The van der Waals surface area contributed by atoms with E-state index < -0.39 is 0 Å². The fourth-order valence-electron chi connectivity index (χ4n) is 1.88. The molecule has 21 heavy (non-hydrogen) atoms. The Hall–Kier alpha value is -1.60. The molecule has 0 bridgehead atoms. The van der Waals surface area contributed by atoms with Crippen LogP contribution in [0, 0.1) is 0 Å². The molecule has 1 heterocycles. The van der Waals surface area contributed by atoms with Crippen LogP contribution < -0.4 is 15.8 Å². The monoisotopic (exact) mass is 296 g/mol. The Morgan fingerprint density at radius 2 is 1.90 bits per heavy atom. The standard InChI is InChI=1S/C14H24N4O3/c1-19-7-3-6-16-13-11(15)14(21-9-8-20-2)18-12(17-13)10-4-5-10/h10H,3-9,15H2,1-2H3,(H,16,17,18). The van der Waals surface area contributed by atoms with E-state index in [-0.39, 0.29) is 0 Å². The molecule has 7 nitrogen and oxygen atoms in total. The van der Waals surface area contributed by atoms with Gasteiger partial charge in [-0.25, -0.2) is 4.98 Å². The molecule has 1 aromatic heterocycles. The molecule has 1 fully saturated rings. The molecule has 0 saturated heterocycles. The van der Waals surface area contributed by atoms with Crippen LogP contribution in [0.15, 0.2) is 0 Å². The summed E-state index contributed by atoms with van der Waals surface area (Å²) in [4.78, 5) is 8.95. The maximum absolute atomic E-state index is 6.09.